The summed E-state index contributed by atoms with van der Waals surface area (Å²) in [5.74, 6) is 0.188. The maximum Gasteiger partial charge on any atom is 0.247 e. The number of ether oxygens (including phenoxy) is 1. The van der Waals surface area contributed by atoms with Crippen molar-refractivity contribution in [3.63, 3.8) is 0 Å². The minimum absolute atomic E-state index is 0.112. The average molecular weight is 523 g/mol. The monoisotopic (exact) mass is 522 g/mol. The summed E-state index contributed by atoms with van der Waals surface area (Å²) in [6.45, 7) is 4.89. The SMILES string of the molecule is C[C@@H]1CN([C@@H](C)CO)S(=O)(=O)c2ccc(/C=C/c3ccccc3)cc2O[C@H]1CN(C)Cc1cncnc1. The molecule has 0 aliphatic carbocycles. The minimum Gasteiger partial charge on any atom is -0.487 e. The van der Waals surface area contributed by atoms with E-state index in [9.17, 15) is 13.5 Å². The third-order valence-corrected chi connectivity index (χ3v) is 8.54. The van der Waals surface area contributed by atoms with Crippen molar-refractivity contribution in [2.24, 2.45) is 5.92 Å². The average Bonchev–Trinajstić information content (AvgIpc) is 2.90. The second-order valence-corrected chi connectivity index (χ2v) is 11.5. The molecule has 1 N–H and O–H groups in total. The van der Waals surface area contributed by atoms with Gasteiger partial charge in [0.15, 0.2) is 0 Å². The van der Waals surface area contributed by atoms with Gasteiger partial charge < -0.3 is 9.84 Å². The highest BCUT2D eigenvalue weighted by atomic mass is 32.2. The standard InChI is InChI=1S/C28H34N4O4S/c1-21-16-32(22(2)19-33)37(34,35)28-12-11-24(10-9-23-7-5-4-6-8-23)13-26(28)36-27(21)18-31(3)17-25-14-29-20-30-15-25/h4-15,20-22,27,33H,16-19H2,1-3H3/b10-9+/t21-,22+,27+/m1/s1. The Balaban J connectivity index is 1.68. The zero-order valence-electron chi connectivity index (χ0n) is 21.4. The summed E-state index contributed by atoms with van der Waals surface area (Å²) in [6.07, 6.45) is 8.70. The highest BCUT2D eigenvalue weighted by Crippen LogP contribution is 2.34. The Bertz CT molecular complexity index is 1300. The van der Waals surface area contributed by atoms with Crippen molar-refractivity contribution in [3.05, 3.63) is 83.9 Å². The van der Waals surface area contributed by atoms with E-state index in [1.54, 1.807) is 37.5 Å². The van der Waals surface area contributed by atoms with Crippen LogP contribution in [0.5, 0.6) is 5.75 Å². The molecule has 2 heterocycles. The first kappa shape index (κ1) is 26.9. The lowest BCUT2D eigenvalue weighted by molar-refractivity contribution is 0.0733. The summed E-state index contributed by atoms with van der Waals surface area (Å²) in [5, 5.41) is 9.85. The van der Waals surface area contributed by atoms with Crippen molar-refractivity contribution in [1.82, 2.24) is 19.2 Å². The van der Waals surface area contributed by atoms with E-state index in [1.807, 2.05) is 56.5 Å². The van der Waals surface area contributed by atoms with Gasteiger partial charge in [0.05, 0.1) is 6.61 Å². The van der Waals surface area contributed by atoms with Crippen molar-refractivity contribution >= 4 is 22.2 Å². The van der Waals surface area contributed by atoms with Crippen molar-refractivity contribution in [1.29, 1.82) is 0 Å². The Kier molecular flexibility index (Phi) is 8.71. The first-order chi connectivity index (χ1) is 17.8. The van der Waals surface area contributed by atoms with Crippen LogP contribution in [-0.4, -0.2) is 71.6 Å². The zero-order chi connectivity index (χ0) is 26.4. The van der Waals surface area contributed by atoms with Crippen LogP contribution < -0.4 is 4.74 Å². The van der Waals surface area contributed by atoms with Crippen molar-refractivity contribution in [3.8, 4) is 5.75 Å². The molecule has 0 bridgehead atoms. The van der Waals surface area contributed by atoms with Gasteiger partial charge in [-0.3, -0.25) is 4.90 Å². The molecule has 4 rings (SSSR count). The molecule has 0 saturated heterocycles. The maximum absolute atomic E-state index is 13.7. The molecular weight excluding hydrogens is 488 g/mol. The van der Waals surface area contributed by atoms with Crippen LogP contribution in [0.1, 0.15) is 30.5 Å². The van der Waals surface area contributed by atoms with E-state index in [-0.39, 0.29) is 30.1 Å². The number of likely N-dealkylation sites (N-methyl/N-ethyl adjacent to an activating group) is 1. The summed E-state index contributed by atoms with van der Waals surface area (Å²) in [7, 11) is -1.88. The molecule has 3 atom stereocenters. The fourth-order valence-electron chi connectivity index (χ4n) is 4.42. The predicted molar refractivity (Wildman–Crippen MR) is 144 cm³/mol. The fourth-order valence-corrected chi connectivity index (χ4v) is 6.24. The maximum atomic E-state index is 13.7. The Morgan fingerprint density at radius 2 is 1.84 bits per heavy atom. The topological polar surface area (TPSA) is 95.9 Å². The molecular formula is C28H34N4O4S. The Morgan fingerprint density at radius 3 is 2.54 bits per heavy atom. The molecule has 1 aromatic heterocycles. The molecule has 3 aromatic rings. The van der Waals surface area contributed by atoms with Gasteiger partial charge in [-0.1, -0.05) is 55.5 Å². The predicted octanol–water partition coefficient (Wildman–Crippen LogP) is 3.55. The normalized spacial score (nSPS) is 20.7. The second-order valence-electron chi connectivity index (χ2n) is 9.63. The number of aromatic nitrogens is 2. The number of fused-ring (bicyclic) bond motifs is 1. The van der Waals surface area contributed by atoms with Gasteiger partial charge in [0.2, 0.25) is 10.0 Å². The van der Waals surface area contributed by atoms with Gasteiger partial charge in [-0.2, -0.15) is 4.31 Å². The second kappa shape index (κ2) is 12.0. The van der Waals surface area contributed by atoms with E-state index < -0.39 is 16.1 Å². The van der Waals surface area contributed by atoms with Crippen LogP contribution in [0.3, 0.4) is 0 Å². The van der Waals surface area contributed by atoms with E-state index in [4.69, 9.17) is 4.74 Å². The molecule has 2 aromatic carbocycles. The van der Waals surface area contributed by atoms with Crippen molar-refractivity contribution < 1.29 is 18.3 Å². The smallest absolute Gasteiger partial charge is 0.247 e. The lowest BCUT2D eigenvalue weighted by Crippen LogP contribution is -2.49. The number of nitrogens with zero attached hydrogens (tertiary/aromatic N) is 4. The van der Waals surface area contributed by atoms with Crippen molar-refractivity contribution in [2.45, 2.75) is 37.4 Å². The van der Waals surface area contributed by atoms with E-state index >= 15 is 0 Å². The van der Waals surface area contributed by atoms with Crippen LogP contribution in [-0.2, 0) is 16.6 Å². The van der Waals surface area contributed by atoms with E-state index in [0.717, 1.165) is 16.7 Å². The minimum atomic E-state index is -3.88. The first-order valence-electron chi connectivity index (χ1n) is 12.4. The van der Waals surface area contributed by atoms with Gasteiger partial charge in [-0.25, -0.2) is 18.4 Å². The lowest BCUT2D eigenvalue weighted by Gasteiger charge is -2.37. The van der Waals surface area contributed by atoms with Crippen LogP contribution in [0.2, 0.25) is 0 Å². The molecule has 0 unspecified atom stereocenters. The van der Waals surface area contributed by atoms with E-state index in [1.165, 1.54) is 10.6 Å². The summed E-state index contributed by atoms with van der Waals surface area (Å²) in [6, 6.07) is 14.5. The van der Waals surface area contributed by atoms with E-state index in [0.29, 0.717) is 18.8 Å². The van der Waals surface area contributed by atoms with Crippen LogP contribution >= 0.6 is 0 Å². The largest absolute Gasteiger partial charge is 0.487 e. The molecule has 1 aliphatic rings. The molecule has 0 radical (unpaired) electrons. The molecule has 0 saturated carbocycles. The fraction of sp³-hybridized carbons (Fsp3) is 0.357. The summed E-state index contributed by atoms with van der Waals surface area (Å²) < 4.78 is 35.2. The van der Waals surface area contributed by atoms with Crippen LogP contribution in [0.25, 0.3) is 12.2 Å². The molecule has 196 valence electrons. The number of benzene rings is 2. The zero-order valence-corrected chi connectivity index (χ0v) is 22.3. The lowest BCUT2D eigenvalue weighted by atomic mass is 10.0. The Morgan fingerprint density at radius 1 is 1.14 bits per heavy atom. The summed E-state index contributed by atoms with van der Waals surface area (Å²) in [4.78, 5) is 10.4. The van der Waals surface area contributed by atoms with Gasteiger partial charge in [0.1, 0.15) is 23.1 Å². The molecule has 37 heavy (non-hydrogen) atoms. The highest BCUT2D eigenvalue weighted by molar-refractivity contribution is 7.89. The summed E-state index contributed by atoms with van der Waals surface area (Å²) >= 11 is 0. The Hall–Kier alpha value is -3.11. The summed E-state index contributed by atoms with van der Waals surface area (Å²) in [5.41, 5.74) is 2.86. The van der Waals surface area contributed by atoms with Gasteiger partial charge in [-0.15, -0.1) is 0 Å². The third-order valence-electron chi connectivity index (χ3n) is 6.52. The van der Waals surface area contributed by atoms with Crippen LogP contribution in [0, 0.1) is 5.92 Å². The highest BCUT2D eigenvalue weighted by Gasteiger charge is 2.38. The van der Waals surface area contributed by atoms with Gasteiger partial charge in [0, 0.05) is 49.6 Å². The Labute approximate surface area is 219 Å². The number of hydrogen-bond acceptors (Lipinski definition) is 7. The molecule has 1 aliphatic heterocycles. The molecule has 0 spiro atoms. The quantitative estimate of drug-likeness (QED) is 0.452. The van der Waals surface area contributed by atoms with Crippen LogP contribution in [0.4, 0.5) is 0 Å². The van der Waals surface area contributed by atoms with Crippen LogP contribution in [0.15, 0.2) is 72.1 Å². The molecule has 8 nitrogen and oxygen atoms in total. The number of hydrogen-bond donors (Lipinski definition) is 1. The molecule has 0 fully saturated rings. The number of sulfonamides is 1. The van der Waals surface area contributed by atoms with Gasteiger partial charge in [0.25, 0.3) is 0 Å². The number of aliphatic hydroxyl groups excluding tert-OH is 1. The number of rotatable bonds is 8. The van der Waals surface area contributed by atoms with Gasteiger partial charge in [-0.05, 0) is 37.2 Å². The van der Waals surface area contributed by atoms with E-state index in [2.05, 4.69) is 14.9 Å². The third kappa shape index (κ3) is 6.61. The van der Waals surface area contributed by atoms with Gasteiger partial charge >= 0.3 is 0 Å². The number of aliphatic hydroxyl groups is 1. The molecule has 9 heteroatoms. The van der Waals surface area contributed by atoms with Crippen molar-refractivity contribution in [2.75, 3.05) is 26.7 Å². The molecule has 0 amide bonds. The first-order valence-corrected chi connectivity index (χ1v) is 13.8.